The first-order chi connectivity index (χ1) is 9.47. The summed E-state index contributed by atoms with van der Waals surface area (Å²) in [4.78, 5) is 13.5. The SMILES string of the molecule is CCCC1(C(=O)O)CCN(Cc2ccc(O)c(F)c2)C1. The molecule has 2 rings (SSSR count). The van der Waals surface area contributed by atoms with E-state index in [0.717, 1.165) is 12.0 Å². The number of phenolic OH excluding ortho intramolecular Hbond substituents is 1. The molecule has 1 unspecified atom stereocenters. The fourth-order valence-electron chi connectivity index (χ4n) is 2.96. The first kappa shape index (κ1) is 14.8. The molecule has 2 N–H and O–H groups in total. The largest absolute Gasteiger partial charge is 0.505 e. The first-order valence-corrected chi connectivity index (χ1v) is 6.90. The summed E-state index contributed by atoms with van der Waals surface area (Å²) in [6.45, 7) is 3.70. The van der Waals surface area contributed by atoms with Crippen LogP contribution in [0.15, 0.2) is 18.2 Å². The highest BCUT2D eigenvalue weighted by Gasteiger charge is 2.43. The smallest absolute Gasteiger partial charge is 0.310 e. The third kappa shape index (κ3) is 2.93. The third-order valence-corrected chi connectivity index (χ3v) is 4.03. The summed E-state index contributed by atoms with van der Waals surface area (Å²) in [7, 11) is 0. The zero-order chi connectivity index (χ0) is 14.8. The maximum Gasteiger partial charge on any atom is 0.310 e. The number of halogens is 1. The Morgan fingerprint density at radius 1 is 1.50 bits per heavy atom. The molecule has 1 aromatic rings. The van der Waals surface area contributed by atoms with Crippen LogP contribution < -0.4 is 0 Å². The van der Waals surface area contributed by atoms with Crippen LogP contribution in [0.5, 0.6) is 5.75 Å². The lowest BCUT2D eigenvalue weighted by Crippen LogP contribution is -2.34. The Morgan fingerprint density at radius 2 is 2.25 bits per heavy atom. The number of likely N-dealkylation sites (tertiary alicyclic amines) is 1. The van der Waals surface area contributed by atoms with Crippen molar-refractivity contribution < 1.29 is 19.4 Å². The van der Waals surface area contributed by atoms with Crippen LogP contribution in [-0.2, 0) is 11.3 Å². The van der Waals surface area contributed by atoms with Crippen LogP contribution in [0.1, 0.15) is 31.7 Å². The number of nitrogens with zero attached hydrogens (tertiary/aromatic N) is 1. The summed E-state index contributed by atoms with van der Waals surface area (Å²) in [5, 5.41) is 18.6. The number of carbonyl (C=O) groups is 1. The third-order valence-electron chi connectivity index (χ3n) is 4.03. The molecule has 0 amide bonds. The highest BCUT2D eigenvalue weighted by Crippen LogP contribution is 2.36. The van der Waals surface area contributed by atoms with Gasteiger partial charge in [-0.15, -0.1) is 0 Å². The number of phenols is 1. The molecule has 0 aliphatic carbocycles. The van der Waals surface area contributed by atoms with E-state index in [1.54, 1.807) is 6.07 Å². The molecule has 1 aromatic carbocycles. The van der Waals surface area contributed by atoms with Gasteiger partial charge in [-0.1, -0.05) is 19.4 Å². The predicted octanol–water partition coefficient (Wildman–Crippen LogP) is 2.61. The lowest BCUT2D eigenvalue weighted by molar-refractivity contribution is -0.148. The van der Waals surface area contributed by atoms with Gasteiger partial charge in [-0.05, 0) is 37.1 Å². The molecule has 1 fully saturated rings. The Kier molecular flexibility index (Phi) is 4.28. The number of hydrogen-bond acceptors (Lipinski definition) is 3. The number of hydrogen-bond donors (Lipinski definition) is 2. The molecule has 0 spiro atoms. The van der Waals surface area contributed by atoms with Crippen molar-refractivity contribution in [2.24, 2.45) is 5.41 Å². The number of benzene rings is 1. The molecule has 4 nitrogen and oxygen atoms in total. The molecule has 1 aliphatic heterocycles. The number of carboxylic acids is 1. The quantitative estimate of drug-likeness (QED) is 0.871. The molecule has 5 heteroatoms. The number of aromatic hydroxyl groups is 1. The van der Waals surface area contributed by atoms with Crippen LogP contribution in [0.3, 0.4) is 0 Å². The maximum absolute atomic E-state index is 13.3. The van der Waals surface area contributed by atoms with E-state index in [1.807, 2.05) is 11.8 Å². The zero-order valence-electron chi connectivity index (χ0n) is 11.6. The highest BCUT2D eigenvalue weighted by molar-refractivity contribution is 5.75. The topological polar surface area (TPSA) is 60.8 Å². The van der Waals surface area contributed by atoms with Crippen molar-refractivity contribution in [3.05, 3.63) is 29.6 Å². The van der Waals surface area contributed by atoms with Crippen LogP contribution >= 0.6 is 0 Å². The number of aliphatic carboxylic acids is 1. The van der Waals surface area contributed by atoms with E-state index in [-0.39, 0.29) is 5.75 Å². The van der Waals surface area contributed by atoms with Crippen LogP contribution in [0.4, 0.5) is 4.39 Å². The molecule has 20 heavy (non-hydrogen) atoms. The maximum atomic E-state index is 13.3. The molecule has 0 radical (unpaired) electrons. The van der Waals surface area contributed by atoms with Crippen molar-refractivity contribution in [2.75, 3.05) is 13.1 Å². The van der Waals surface area contributed by atoms with Gasteiger partial charge >= 0.3 is 5.97 Å². The van der Waals surface area contributed by atoms with Crippen LogP contribution in [-0.4, -0.2) is 34.2 Å². The first-order valence-electron chi connectivity index (χ1n) is 6.90. The fourth-order valence-corrected chi connectivity index (χ4v) is 2.96. The van der Waals surface area contributed by atoms with E-state index >= 15 is 0 Å². The van der Waals surface area contributed by atoms with E-state index in [0.29, 0.717) is 32.5 Å². The van der Waals surface area contributed by atoms with E-state index in [2.05, 4.69) is 0 Å². The minimum Gasteiger partial charge on any atom is -0.505 e. The molecular formula is C15H20FNO3. The van der Waals surface area contributed by atoms with E-state index in [9.17, 15) is 14.3 Å². The van der Waals surface area contributed by atoms with E-state index in [1.165, 1.54) is 12.1 Å². The van der Waals surface area contributed by atoms with Gasteiger partial charge in [-0.2, -0.15) is 0 Å². The van der Waals surface area contributed by atoms with Gasteiger partial charge in [-0.3, -0.25) is 9.69 Å². The van der Waals surface area contributed by atoms with Gasteiger partial charge < -0.3 is 10.2 Å². The van der Waals surface area contributed by atoms with E-state index < -0.39 is 17.2 Å². The Balaban J connectivity index is 2.05. The van der Waals surface area contributed by atoms with Crippen molar-refractivity contribution in [1.29, 1.82) is 0 Å². The van der Waals surface area contributed by atoms with Crippen LogP contribution in [0.25, 0.3) is 0 Å². The molecule has 110 valence electrons. The van der Waals surface area contributed by atoms with Gasteiger partial charge in [0.1, 0.15) is 0 Å². The Hall–Kier alpha value is -1.62. The minimum atomic E-state index is -0.737. The van der Waals surface area contributed by atoms with Crippen molar-refractivity contribution in [2.45, 2.75) is 32.7 Å². The molecular weight excluding hydrogens is 261 g/mol. The summed E-state index contributed by atoms with van der Waals surface area (Å²) >= 11 is 0. The molecule has 1 heterocycles. The van der Waals surface area contributed by atoms with E-state index in [4.69, 9.17) is 5.11 Å². The Morgan fingerprint density at radius 3 is 2.85 bits per heavy atom. The minimum absolute atomic E-state index is 0.360. The average molecular weight is 281 g/mol. The van der Waals surface area contributed by atoms with Crippen LogP contribution in [0, 0.1) is 11.2 Å². The fraction of sp³-hybridized carbons (Fsp3) is 0.533. The lowest BCUT2D eigenvalue weighted by atomic mass is 9.83. The summed E-state index contributed by atoms with van der Waals surface area (Å²) < 4.78 is 13.3. The summed E-state index contributed by atoms with van der Waals surface area (Å²) in [6, 6.07) is 4.30. The van der Waals surface area contributed by atoms with Gasteiger partial charge in [0.25, 0.3) is 0 Å². The van der Waals surface area contributed by atoms with Gasteiger partial charge in [0.2, 0.25) is 0 Å². The van der Waals surface area contributed by atoms with Gasteiger partial charge in [-0.25, -0.2) is 4.39 Å². The second-order valence-electron chi connectivity index (χ2n) is 5.58. The van der Waals surface area contributed by atoms with Crippen molar-refractivity contribution in [3.63, 3.8) is 0 Å². The molecule has 0 aromatic heterocycles. The lowest BCUT2D eigenvalue weighted by Gasteiger charge is -2.24. The summed E-state index contributed by atoms with van der Waals surface area (Å²) in [5.41, 5.74) is 0.0857. The molecule has 1 atom stereocenters. The Labute approximate surface area is 117 Å². The zero-order valence-corrected chi connectivity index (χ0v) is 11.6. The molecule has 0 saturated carbocycles. The second kappa shape index (κ2) is 5.79. The van der Waals surface area contributed by atoms with Gasteiger partial charge in [0, 0.05) is 13.1 Å². The highest BCUT2D eigenvalue weighted by atomic mass is 19.1. The summed E-state index contributed by atoms with van der Waals surface area (Å²) in [5.74, 6) is -1.74. The number of rotatable bonds is 5. The molecule has 0 bridgehead atoms. The van der Waals surface area contributed by atoms with Gasteiger partial charge in [0.05, 0.1) is 5.41 Å². The van der Waals surface area contributed by atoms with Crippen LogP contribution in [0.2, 0.25) is 0 Å². The average Bonchev–Trinajstić information content (AvgIpc) is 2.79. The normalized spacial score (nSPS) is 23.1. The Bertz CT molecular complexity index is 506. The standard InChI is InChI=1S/C15H20FNO3/c1-2-5-15(14(19)20)6-7-17(10-15)9-11-3-4-13(18)12(16)8-11/h3-4,8,18H,2,5-7,9-10H2,1H3,(H,19,20). The number of carboxylic acid groups (broad SMARTS) is 1. The monoisotopic (exact) mass is 281 g/mol. The van der Waals surface area contributed by atoms with Crippen molar-refractivity contribution in [3.8, 4) is 5.75 Å². The second-order valence-corrected chi connectivity index (χ2v) is 5.58. The van der Waals surface area contributed by atoms with Crippen molar-refractivity contribution >= 4 is 5.97 Å². The molecule has 1 saturated heterocycles. The van der Waals surface area contributed by atoms with Gasteiger partial charge in [0.15, 0.2) is 11.6 Å². The molecule has 1 aliphatic rings. The predicted molar refractivity (Wildman–Crippen MR) is 72.9 cm³/mol. The van der Waals surface area contributed by atoms with Crippen molar-refractivity contribution in [1.82, 2.24) is 4.90 Å². The summed E-state index contributed by atoms with van der Waals surface area (Å²) in [6.07, 6.45) is 2.15.